The first-order chi connectivity index (χ1) is 11.7. The molecular formula is C21H24N2O. The van der Waals surface area contributed by atoms with Gasteiger partial charge in [-0.2, -0.15) is 0 Å². The zero-order chi connectivity index (χ0) is 16.9. The number of aliphatic imine (C=N–C) groups is 1. The number of rotatable bonds is 6. The first-order valence-corrected chi connectivity index (χ1v) is 8.47. The van der Waals surface area contributed by atoms with Gasteiger partial charge in [0.15, 0.2) is 0 Å². The number of furan rings is 1. The van der Waals surface area contributed by atoms with Crippen LogP contribution in [0.1, 0.15) is 23.8 Å². The van der Waals surface area contributed by atoms with Crippen LogP contribution in [0, 0.1) is 6.92 Å². The lowest BCUT2D eigenvalue weighted by molar-refractivity contribution is 0.547. The van der Waals surface area contributed by atoms with Crippen LogP contribution in [0.4, 0.5) is 5.69 Å². The summed E-state index contributed by atoms with van der Waals surface area (Å²) in [5.74, 6) is 1.03. The van der Waals surface area contributed by atoms with Crippen LogP contribution >= 0.6 is 0 Å². The van der Waals surface area contributed by atoms with Crippen LogP contribution in [0.25, 0.3) is 11.0 Å². The molecule has 0 aliphatic carbocycles. The Kier molecular flexibility index (Phi) is 4.99. The normalized spacial score (nSPS) is 11.5. The molecule has 1 aromatic heterocycles. The molecule has 0 N–H and O–H groups in total. The predicted molar refractivity (Wildman–Crippen MR) is 101 cm³/mol. The van der Waals surface area contributed by atoms with Crippen molar-refractivity contribution in [1.82, 2.24) is 4.90 Å². The van der Waals surface area contributed by atoms with Crippen LogP contribution in [0.2, 0.25) is 0 Å². The zero-order valence-electron chi connectivity index (χ0n) is 14.6. The fraction of sp³-hybridized carbons (Fsp3) is 0.286. The van der Waals surface area contributed by atoms with E-state index in [1.165, 1.54) is 11.1 Å². The summed E-state index contributed by atoms with van der Waals surface area (Å²) in [6.45, 7) is 5.16. The predicted octanol–water partition coefficient (Wildman–Crippen LogP) is 5.14. The first-order valence-electron chi connectivity index (χ1n) is 8.47. The van der Waals surface area contributed by atoms with Crippen molar-refractivity contribution >= 4 is 23.0 Å². The van der Waals surface area contributed by atoms with Crippen molar-refractivity contribution in [1.29, 1.82) is 0 Å². The van der Waals surface area contributed by atoms with Crippen molar-refractivity contribution in [2.24, 2.45) is 4.99 Å². The molecule has 124 valence electrons. The van der Waals surface area contributed by atoms with Crippen LogP contribution in [0.3, 0.4) is 0 Å². The van der Waals surface area contributed by atoms with Crippen molar-refractivity contribution in [2.45, 2.75) is 26.7 Å². The van der Waals surface area contributed by atoms with E-state index in [-0.39, 0.29) is 0 Å². The van der Waals surface area contributed by atoms with Crippen LogP contribution in [-0.2, 0) is 12.8 Å². The highest BCUT2D eigenvalue weighted by molar-refractivity contribution is 5.86. The summed E-state index contributed by atoms with van der Waals surface area (Å²) in [4.78, 5) is 6.65. The largest absolute Gasteiger partial charge is 0.461 e. The summed E-state index contributed by atoms with van der Waals surface area (Å²) in [6, 6.07) is 16.7. The van der Waals surface area contributed by atoms with E-state index in [1.807, 2.05) is 31.6 Å². The third-order valence-corrected chi connectivity index (χ3v) is 4.39. The van der Waals surface area contributed by atoms with Crippen molar-refractivity contribution in [3.05, 3.63) is 65.4 Å². The fourth-order valence-corrected chi connectivity index (χ4v) is 2.71. The number of fused-ring (bicyclic) bond motifs is 1. The van der Waals surface area contributed by atoms with E-state index in [0.29, 0.717) is 0 Å². The number of hydrogen-bond acceptors (Lipinski definition) is 2. The van der Waals surface area contributed by atoms with Gasteiger partial charge in [0.05, 0.1) is 12.0 Å². The van der Waals surface area contributed by atoms with Crippen molar-refractivity contribution in [3.8, 4) is 0 Å². The van der Waals surface area contributed by atoms with Crippen molar-refractivity contribution < 1.29 is 4.42 Å². The molecule has 0 amide bonds. The molecule has 24 heavy (non-hydrogen) atoms. The van der Waals surface area contributed by atoms with E-state index < -0.39 is 0 Å². The smallest absolute Gasteiger partial charge is 0.134 e. The van der Waals surface area contributed by atoms with Gasteiger partial charge in [-0.3, -0.25) is 0 Å². The van der Waals surface area contributed by atoms with Gasteiger partial charge in [0.1, 0.15) is 11.3 Å². The van der Waals surface area contributed by atoms with Gasteiger partial charge in [0.2, 0.25) is 0 Å². The molecule has 3 heteroatoms. The third-order valence-electron chi connectivity index (χ3n) is 4.39. The Morgan fingerprint density at radius 2 is 1.88 bits per heavy atom. The minimum atomic E-state index is 0.912. The molecule has 3 nitrogen and oxygen atoms in total. The Balaban J connectivity index is 1.80. The van der Waals surface area contributed by atoms with Crippen molar-refractivity contribution in [2.75, 3.05) is 13.6 Å². The van der Waals surface area contributed by atoms with Crippen LogP contribution < -0.4 is 0 Å². The topological polar surface area (TPSA) is 28.7 Å². The summed E-state index contributed by atoms with van der Waals surface area (Å²) in [5.41, 5.74) is 4.45. The maximum atomic E-state index is 6.01. The number of benzene rings is 2. The number of nitrogens with zero attached hydrogens (tertiary/aromatic N) is 2. The van der Waals surface area contributed by atoms with E-state index >= 15 is 0 Å². The second-order valence-corrected chi connectivity index (χ2v) is 6.14. The standard InChI is InChI=1S/C21H24N2O/c1-4-23(3)15-22-20-12-13-21-19(16(20)2)14-18(24-21)11-10-17-8-6-5-7-9-17/h5-9,12-15H,4,10-11H2,1-3H3/b22-15+. The average Bonchev–Trinajstić information content (AvgIpc) is 3.04. The molecule has 0 saturated carbocycles. The van der Waals surface area contributed by atoms with E-state index in [4.69, 9.17) is 4.42 Å². The Bertz CT molecular complexity index is 834. The lowest BCUT2D eigenvalue weighted by Crippen LogP contribution is -2.14. The quantitative estimate of drug-likeness (QED) is 0.465. The summed E-state index contributed by atoms with van der Waals surface area (Å²) in [7, 11) is 2.02. The summed E-state index contributed by atoms with van der Waals surface area (Å²) >= 11 is 0. The Hall–Kier alpha value is -2.55. The van der Waals surface area contributed by atoms with Crippen LogP contribution in [0.15, 0.2) is 57.9 Å². The molecule has 1 heterocycles. The summed E-state index contributed by atoms with van der Waals surface area (Å²) < 4.78 is 6.01. The molecule has 0 fully saturated rings. The maximum Gasteiger partial charge on any atom is 0.134 e. The first kappa shape index (κ1) is 16.3. The highest BCUT2D eigenvalue weighted by Crippen LogP contribution is 2.30. The maximum absolute atomic E-state index is 6.01. The second-order valence-electron chi connectivity index (χ2n) is 6.14. The van der Waals surface area contributed by atoms with Gasteiger partial charge in [0.25, 0.3) is 0 Å². The lowest BCUT2D eigenvalue weighted by atomic mass is 10.1. The molecule has 0 aliphatic heterocycles. The summed E-state index contributed by atoms with van der Waals surface area (Å²) in [5, 5.41) is 1.16. The molecule has 2 aromatic carbocycles. The van der Waals surface area contributed by atoms with Gasteiger partial charge in [-0.1, -0.05) is 30.3 Å². The monoisotopic (exact) mass is 320 g/mol. The molecule has 0 bridgehead atoms. The third kappa shape index (κ3) is 3.67. The van der Waals surface area contributed by atoms with Crippen LogP contribution in [-0.4, -0.2) is 24.8 Å². The van der Waals surface area contributed by atoms with E-state index in [2.05, 4.69) is 54.1 Å². The molecule has 0 radical (unpaired) electrons. The highest BCUT2D eigenvalue weighted by Gasteiger charge is 2.09. The van der Waals surface area contributed by atoms with Gasteiger partial charge in [-0.15, -0.1) is 0 Å². The van der Waals surface area contributed by atoms with Crippen molar-refractivity contribution in [3.63, 3.8) is 0 Å². The molecule has 3 aromatic rings. The van der Waals surface area contributed by atoms with Gasteiger partial charge in [0, 0.05) is 25.4 Å². The van der Waals surface area contributed by atoms with Gasteiger partial charge >= 0.3 is 0 Å². The minimum Gasteiger partial charge on any atom is -0.461 e. The Labute approximate surface area is 143 Å². The SMILES string of the molecule is CCN(C)/C=N/c1ccc2oc(CCc3ccccc3)cc2c1C. The summed E-state index contributed by atoms with van der Waals surface area (Å²) in [6.07, 6.45) is 3.78. The fourth-order valence-electron chi connectivity index (χ4n) is 2.71. The number of aryl methyl sites for hydroxylation is 3. The molecule has 0 atom stereocenters. The molecule has 0 saturated heterocycles. The highest BCUT2D eigenvalue weighted by atomic mass is 16.3. The lowest BCUT2D eigenvalue weighted by Gasteiger charge is -2.08. The minimum absolute atomic E-state index is 0.912. The average molecular weight is 320 g/mol. The Morgan fingerprint density at radius 3 is 2.62 bits per heavy atom. The Morgan fingerprint density at radius 1 is 1.08 bits per heavy atom. The second kappa shape index (κ2) is 7.35. The van der Waals surface area contributed by atoms with Gasteiger partial charge < -0.3 is 9.32 Å². The molecule has 3 rings (SSSR count). The zero-order valence-corrected chi connectivity index (χ0v) is 14.6. The van der Waals surface area contributed by atoms with E-state index in [1.54, 1.807) is 0 Å². The number of hydrogen-bond donors (Lipinski definition) is 0. The van der Waals surface area contributed by atoms with Gasteiger partial charge in [-0.25, -0.2) is 4.99 Å². The molecular weight excluding hydrogens is 296 g/mol. The molecule has 0 spiro atoms. The molecule has 0 unspecified atom stereocenters. The van der Waals surface area contributed by atoms with Crippen LogP contribution in [0.5, 0.6) is 0 Å². The molecule has 0 aliphatic rings. The van der Waals surface area contributed by atoms with E-state index in [0.717, 1.165) is 41.8 Å². The van der Waals surface area contributed by atoms with E-state index in [9.17, 15) is 0 Å². The van der Waals surface area contributed by atoms with Gasteiger partial charge in [-0.05, 0) is 49.6 Å².